The van der Waals surface area contributed by atoms with Gasteiger partial charge in [0.2, 0.25) is 5.91 Å². The number of piperidine rings is 1. The molecule has 0 unspecified atom stereocenters. The zero-order valence-corrected chi connectivity index (χ0v) is 19.5. The van der Waals surface area contributed by atoms with Gasteiger partial charge in [0, 0.05) is 44.8 Å². The fraction of sp³-hybridized carbons (Fsp3) is 0.519. The van der Waals surface area contributed by atoms with Crippen LogP contribution in [-0.2, 0) is 11.3 Å². The van der Waals surface area contributed by atoms with Crippen LogP contribution in [0.2, 0.25) is 0 Å². The third-order valence-corrected chi connectivity index (χ3v) is 7.24. The number of para-hydroxylation sites is 1. The normalized spacial score (nSPS) is 19.5. The van der Waals surface area contributed by atoms with Crippen molar-refractivity contribution in [3.8, 4) is 11.5 Å². The van der Waals surface area contributed by atoms with Gasteiger partial charge in [-0.25, -0.2) is 0 Å². The highest BCUT2D eigenvalue weighted by molar-refractivity contribution is 5.76. The number of ether oxygens (including phenoxy) is 2. The molecule has 2 aromatic rings. The van der Waals surface area contributed by atoms with Crippen molar-refractivity contribution in [1.82, 2.24) is 9.80 Å². The molecule has 0 atom stereocenters. The molecule has 0 aromatic heterocycles. The maximum absolute atomic E-state index is 12.8. The number of benzene rings is 2. The van der Waals surface area contributed by atoms with Crippen LogP contribution in [0.25, 0.3) is 0 Å². The Morgan fingerprint density at radius 3 is 2.33 bits per heavy atom. The van der Waals surface area contributed by atoms with E-state index in [-0.39, 0.29) is 0 Å². The highest BCUT2D eigenvalue weighted by atomic mass is 16.6. The van der Waals surface area contributed by atoms with E-state index in [1.807, 2.05) is 12.1 Å². The van der Waals surface area contributed by atoms with Crippen molar-refractivity contribution in [2.24, 2.45) is 5.92 Å². The number of hydrogen-bond acceptors (Lipinski definition) is 5. The van der Waals surface area contributed by atoms with Crippen molar-refractivity contribution in [2.45, 2.75) is 32.2 Å². The Kier molecular flexibility index (Phi) is 7.01. The van der Waals surface area contributed by atoms with Gasteiger partial charge >= 0.3 is 0 Å². The van der Waals surface area contributed by atoms with E-state index in [2.05, 4.69) is 51.1 Å². The molecule has 2 saturated heterocycles. The van der Waals surface area contributed by atoms with Crippen LogP contribution < -0.4 is 14.4 Å². The van der Waals surface area contributed by atoms with Crippen molar-refractivity contribution in [2.75, 3.05) is 57.4 Å². The molecule has 3 aliphatic rings. The molecule has 0 bridgehead atoms. The summed E-state index contributed by atoms with van der Waals surface area (Å²) in [5.74, 6) is 2.73. The number of likely N-dealkylation sites (tertiary alicyclic amines) is 1. The fourth-order valence-corrected chi connectivity index (χ4v) is 5.22. The average Bonchev–Trinajstić information content (AvgIpc) is 2.89. The van der Waals surface area contributed by atoms with Crippen molar-refractivity contribution in [3.05, 3.63) is 54.1 Å². The Bertz CT molecular complexity index is 919. The zero-order chi connectivity index (χ0) is 22.5. The number of nitrogens with zero attached hydrogens (tertiary/aromatic N) is 3. The molecule has 6 nitrogen and oxygen atoms in total. The molecule has 3 heterocycles. The average molecular weight is 450 g/mol. The Labute approximate surface area is 197 Å². The summed E-state index contributed by atoms with van der Waals surface area (Å²) in [5, 5.41) is 0. The first kappa shape index (κ1) is 22.1. The summed E-state index contributed by atoms with van der Waals surface area (Å²) in [4.78, 5) is 19.7. The van der Waals surface area contributed by atoms with E-state index in [1.165, 1.54) is 24.1 Å². The smallest absolute Gasteiger partial charge is 0.222 e. The zero-order valence-electron chi connectivity index (χ0n) is 19.5. The van der Waals surface area contributed by atoms with Gasteiger partial charge in [-0.3, -0.25) is 9.69 Å². The van der Waals surface area contributed by atoms with E-state index in [9.17, 15) is 4.79 Å². The van der Waals surface area contributed by atoms with Crippen LogP contribution in [0.3, 0.4) is 0 Å². The van der Waals surface area contributed by atoms with Crippen LogP contribution in [0.5, 0.6) is 11.5 Å². The molecule has 5 rings (SSSR count). The molecule has 33 heavy (non-hydrogen) atoms. The molecule has 0 aliphatic carbocycles. The predicted octanol–water partition coefficient (Wildman–Crippen LogP) is 3.80. The number of carbonyl (C=O) groups excluding carboxylic acids is 1. The Hall–Kier alpha value is -2.73. The van der Waals surface area contributed by atoms with Crippen LogP contribution in [0.1, 0.15) is 31.2 Å². The van der Waals surface area contributed by atoms with Gasteiger partial charge in [0.05, 0.1) is 0 Å². The van der Waals surface area contributed by atoms with Gasteiger partial charge < -0.3 is 19.3 Å². The summed E-state index contributed by atoms with van der Waals surface area (Å²) in [5.41, 5.74) is 2.54. The molecule has 0 saturated carbocycles. The Morgan fingerprint density at radius 2 is 1.58 bits per heavy atom. The summed E-state index contributed by atoms with van der Waals surface area (Å²) in [6.45, 7) is 7.93. The number of rotatable bonds is 6. The van der Waals surface area contributed by atoms with E-state index < -0.39 is 0 Å². The lowest BCUT2D eigenvalue weighted by Gasteiger charge is -2.36. The molecular weight excluding hydrogens is 414 g/mol. The second-order valence-electron chi connectivity index (χ2n) is 9.44. The van der Waals surface area contributed by atoms with E-state index in [4.69, 9.17) is 9.47 Å². The molecule has 0 spiro atoms. The van der Waals surface area contributed by atoms with Crippen LogP contribution in [0, 0.1) is 5.92 Å². The molecule has 1 amide bonds. The van der Waals surface area contributed by atoms with Crippen molar-refractivity contribution >= 4 is 11.6 Å². The van der Waals surface area contributed by atoms with Crippen molar-refractivity contribution < 1.29 is 14.3 Å². The number of hydrogen-bond donors (Lipinski definition) is 0. The number of piperazine rings is 1. The number of carbonyl (C=O) groups is 1. The number of fused-ring (bicyclic) bond motifs is 1. The van der Waals surface area contributed by atoms with Crippen molar-refractivity contribution in [1.29, 1.82) is 0 Å². The quantitative estimate of drug-likeness (QED) is 0.671. The van der Waals surface area contributed by atoms with Gasteiger partial charge in [-0.15, -0.1) is 0 Å². The predicted molar refractivity (Wildman–Crippen MR) is 130 cm³/mol. The van der Waals surface area contributed by atoms with Gasteiger partial charge in [0.1, 0.15) is 13.2 Å². The Balaban J connectivity index is 1.01. The summed E-state index contributed by atoms with van der Waals surface area (Å²) < 4.78 is 11.3. The fourth-order valence-electron chi connectivity index (χ4n) is 5.22. The topological polar surface area (TPSA) is 45.3 Å². The maximum Gasteiger partial charge on any atom is 0.222 e. The first-order chi connectivity index (χ1) is 16.2. The van der Waals surface area contributed by atoms with E-state index in [0.717, 1.165) is 63.7 Å². The molecule has 2 aromatic carbocycles. The molecule has 3 aliphatic heterocycles. The molecule has 0 N–H and O–H groups in total. The van der Waals surface area contributed by atoms with Crippen LogP contribution in [0.4, 0.5) is 5.69 Å². The summed E-state index contributed by atoms with van der Waals surface area (Å²) in [7, 11) is 0. The van der Waals surface area contributed by atoms with Crippen LogP contribution >= 0.6 is 0 Å². The molecule has 6 heteroatoms. The second kappa shape index (κ2) is 10.5. The van der Waals surface area contributed by atoms with Gasteiger partial charge in [-0.05, 0) is 68.1 Å². The number of anilines is 1. The highest BCUT2D eigenvalue weighted by Gasteiger charge is 2.24. The maximum atomic E-state index is 12.8. The summed E-state index contributed by atoms with van der Waals surface area (Å²) in [6.07, 6.45) is 4.08. The highest BCUT2D eigenvalue weighted by Crippen LogP contribution is 2.32. The summed E-state index contributed by atoms with van der Waals surface area (Å²) >= 11 is 0. The first-order valence-corrected chi connectivity index (χ1v) is 12.4. The monoisotopic (exact) mass is 449 g/mol. The molecule has 2 fully saturated rings. The SMILES string of the molecule is O=C(CCC1CCN(Cc2ccc3c(c2)OCCO3)CC1)N1CCN(c2ccccc2)CC1. The van der Waals surface area contributed by atoms with Gasteiger partial charge in [0.15, 0.2) is 11.5 Å². The third-order valence-electron chi connectivity index (χ3n) is 7.24. The van der Waals surface area contributed by atoms with Gasteiger partial charge in [-0.1, -0.05) is 24.3 Å². The molecule has 0 radical (unpaired) electrons. The minimum absolute atomic E-state index is 0.335. The lowest BCUT2D eigenvalue weighted by atomic mass is 9.91. The van der Waals surface area contributed by atoms with Crippen LogP contribution in [-0.4, -0.2) is 68.2 Å². The largest absolute Gasteiger partial charge is 0.486 e. The van der Waals surface area contributed by atoms with E-state index in [1.54, 1.807) is 0 Å². The third kappa shape index (κ3) is 5.61. The van der Waals surface area contributed by atoms with Crippen molar-refractivity contribution in [3.63, 3.8) is 0 Å². The minimum Gasteiger partial charge on any atom is -0.486 e. The van der Waals surface area contributed by atoms with E-state index >= 15 is 0 Å². The Morgan fingerprint density at radius 1 is 0.848 bits per heavy atom. The molecule has 176 valence electrons. The minimum atomic E-state index is 0.335. The van der Waals surface area contributed by atoms with Crippen LogP contribution in [0.15, 0.2) is 48.5 Å². The summed E-state index contributed by atoms with van der Waals surface area (Å²) in [6, 6.07) is 16.8. The lowest BCUT2D eigenvalue weighted by Crippen LogP contribution is -2.48. The van der Waals surface area contributed by atoms with Gasteiger partial charge in [0.25, 0.3) is 0 Å². The molecular formula is C27H35N3O3. The second-order valence-corrected chi connectivity index (χ2v) is 9.44. The van der Waals surface area contributed by atoms with E-state index in [0.29, 0.717) is 31.5 Å². The number of amides is 1. The lowest BCUT2D eigenvalue weighted by molar-refractivity contribution is -0.131. The standard InChI is InChI=1S/C27H35N3O3/c31-27(30-16-14-29(15-17-30)24-4-2-1-3-5-24)9-7-22-10-12-28(13-11-22)21-23-6-8-25-26(20-23)33-19-18-32-25/h1-6,8,20,22H,7,9-19,21H2. The first-order valence-electron chi connectivity index (χ1n) is 12.4. The van der Waals surface area contributed by atoms with Gasteiger partial charge in [-0.2, -0.15) is 0 Å².